The maximum absolute atomic E-state index is 9.38. The number of hydrogen-bond acceptors (Lipinski definition) is 2. The summed E-state index contributed by atoms with van der Waals surface area (Å²) < 4.78 is 0. The van der Waals surface area contributed by atoms with Gasteiger partial charge >= 0.3 is 0 Å². The van der Waals surface area contributed by atoms with Crippen molar-refractivity contribution in [1.29, 1.82) is 5.26 Å². The van der Waals surface area contributed by atoms with Gasteiger partial charge in [-0.2, -0.15) is 5.26 Å². The van der Waals surface area contributed by atoms with E-state index in [0.717, 1.165) is 30.2 Å². The van der Waals surface area contributed by atoms with Crippen LogP contribution in [-0.4, -0.2) is 0 Å². The predicted octanol–water partition coefficient (Wildman–Crippen LogP) is 3.81. The van der Waals surface area contributed by atoms with E-state index in [9.17, 15) is 5.26 Å². The Morgan fingerprint density at radius 3 is 2.33 bits per heavy atom. The first-order valence-corrected chi connectivity index (χ1v) is 6.46. The first kappa shape index (κ1) is 12.4. The van der Waals surface area contributed by atoms with E-state index in [1.165, 1.54) is 10.9 Å². The van der Waals surface area contributed by atoms with Crippen LogP contribution < -0.4 is 5.73 Å². The molecule has 18 heavy (non-hydrogen) atoms. The van der Waals surface area contributed by atoms with Gasteiger partial charge in [0, 0.05) is 5.39 Å². The van der Waals surface area contributed by atoms with Gasteiger partial charge in [-0.25, -0.2) is 0 Å². The molecule has 0 aromatic heterocycles. The molecule has 0 spiro atoms. The van der Waals surface area contributed by atoms with E-state index < -0.39 is 0 Å². The molecular weight excluding hydrogens is 220 g/mol. The summed E-state index contributed by atoms with van der Waals surface area (Å²) in [5.41, 5.74) is 9.88. The summed E-state index contributed by atoms with van der Waals surface area (Å²) in [6.07, 6.45) is 2.88. The highest BCUT2D eigenvalue weighted by molar-refractivity contribution is 5.99. The molecule has 0 atom stereocenters. The third-order valence-electron chi connectivity index (χ3n) is 3.44. The van der Waals surface area contributed by atoms with Gasteiger partial charge in [-0.3, -0.25) is 0 Å². The lowest BCUT2D eigenvalue weighted by Crippen LogP contribution is -2.03. The van der Waals surface area contributed by atoms with Crippen LogP contribution in [0.3, 0.4) is 0 Å². The molecule has 0 bridgehead atoms. The van der Waals surface area contributed by atoms with Crippen LogP contribution in [0.25, 0.3) is 10.8 Å². The predicted molar refractivity (Wildman–Crippen MR) is 76.4 cm³/mol. The van der Waals surface area contributed by atoms with E-state index in [-0.39, 0.29) is 0 Å². The van der Waals surface area contributed by atoms with Crippen molar-refractivity contribution in [1.82, 2.24) is 0 Å². The van der Waals surface area contributed by atoms with Crippen LogP contribution in [0.4, 0.5) is 5.69 Å². The fourth-order valence-electron chi connectivity index (χ4n) is 2.65. The minimum absolute atomic E-state index is 0.633. The fourth-order valence-corrected chi connectivity index (χ4v) is 2.65. The van der Waals surface area contributed by atoms with Crippen LogP contribution in [0.5, 0.6) is 0 Å². The van der Waals surface area contributed by atoms with Crippen molar-refractivity contribution in [3.63, 3.8) is 0 Å². The van der Waals surface area contributed by atoms with Crippen LogP contribution in [-0.2, 0) is 12.8 Å². The Kier molecular flexibility index (Phi) is 3.53. The van der Waals surface area contributed by atoms with Crippen molar-refractivity contribution in [3.05, 3.63) is 41.0 Å². The maximum Gasteiger partial charge on any atom is 0.102 e. The highest BCUT2D eigenvalue weighted by Gasteiger charge is 2.15. The SMILES string of the molecule is CCCc1c(C#N)c(N)c2ccccc2c1CC. The van der Waals surface area contributed by atoms with Gasteiger partial charge in [-0.05, 0) is 29.4 Å². The minimum Gasteiger partial charge on any atom is -0.397 e. The number of fused-ring (bicyclic) bond motifs is 1. The van der Waals surface area contributed by atoms with E-state index in [0.29, 0.717) is 11.3 Å². The van der Waals surface area contributed by atoms with E-state index >= 15 is 0 Å². The van der Waals surface area contributed by atoms with E-state index in [2.05, 4.69) is 26.0 Å². The van der Waals surface area contributed by atoms with Crippen molar-refractivity contribution in [2.24, 2.45) is 0 Å². The second-order valence-electron chi connectivity index (χ2n) is 4.51. The smallest absolute Gasteiger partial charge is 0.102 e. The fraction of sp³-hybridized carbons (Fsp3) is 0.312. The summed E-state index contributed by atoms with van der Waals surface area (Å²) in [6, 6.07) is 10.4. The second-order valence-corrected chi connectivity index (χ2v) is 4.51. The molecule has 0 unspecified atom stereocenters. The average Bonchev–Trinajstić information content (AvgIpc) is 2.40. The molecule has 2 rings (SSSR count). The van der Waals surface area contributed by atoms with Gasteiger partial charge in [0.1, 0.15) is 6.07 Å². The van der Waals surface area contributed by atoms with Crippen LogP contribution >= 0.6 is 0 Å². The third-order valence-corrected chi connectivity index (χ3v) is 3.44. The molecule has 2 nitrogen and oxygen atoms in total. The van der Waals surface area contributed by atoms with Crippen molar-refractivity contribution < 1.29 is 0 Å². The minimum atomic E-state index is 0.633. The molecule has 0 saturated carbocycles. The van der Waals surface area contributed by atoms with Gasteiger partial charge in [0.15, 0.2) is 0 Å². The lowest BCUT2D eigenvalue weighted by molar-refractivity contribution is 0.900. The van der Waals surface area contributed by atoms with Crippen LogP contribution in [0.1, 0.15) is 37.0 Å². The molecule has 92 valence electrons. The zero-order chi connectivity index (χ0) is 13.1. The normalized spacial score (nSPS) is 10.5. The zero-order valence-electron chi connectivity index (χ0n) is 11.0. The summed E-state index contributed by atoms with van der Waals surface area (Å²) in [5, 5.41) is 11.6. The number of anilines is 1. The molecule has 2 N–H and O–H groups in total. The van der Waals surface area contributed by atoms with Crippen molar-refractivity contribution >= 4 is 16.5 Å². The van der Waals surface area contributed by atoms with Crippen LogP contribution in [0.15, 0.2) is 24.3 Å². The number of nitrogens with two attached hydrogens (primary N) is 1. The first-order valence-electron chi connectivity index (χ1n) is 6.46. The van der Waals surface area contributed by atoms with Crippen molar-refractivity contribution in [3.8, 4) is 6.07 Å². The molecule has 0 aliphatic rings. The van der Waals surface area contributed by atoms with Gasteiger partial charge in [0.2, 0.25) is 0 Å². The molecule has 0 amide bonds. The summed E-state index contributed by atoms with van der Waals surface area (Å²) in [6.45, 7) is 4.27. The Balaban J connectivity index is 2.92. The molecule has 0 radical (unpaired) electrons. The average molecular weight is 238 g/mol. The topological polar surface area (TPSA) is 49.8 Å². The summed E-state index contributed by atoms with van der Waals surface area (Å²) in [5.74, 6) is 0. The molecule has 0 aliphatic heterocycles. The summed E-state index contributed by atoms with van der Waals surface area (Å²) in [7, 11) is 0. The van der Waals surface area contributed by atoms with Crippen molar-refractivity contribution in [2.45, 2.75) is 33.1 Å². The number of benzene rings is 2. The van der Waals surface area contributed by atoms with Gasteiger partial charge < -0.3 is 5.73 Å². The van der Waals surface area contributed by atoms with Gasteiger partial charge in [0.25, 0.3) is 0 Å². The van der Waals surface area contributed by atoms with E-state index in [1.54, 1.807) is 0 Å². The molecule has 2 aromatic carbocycles. The zero-order valence-corrected chi connectivity index (χ0v) is 11.0. The van der Waals surface area contributed by atoms with Crippen LogP contribution in [0.2, 0.25) is 0 Å². The lowest BCUT2D eigenvalue weighted by atomic mass is 9.89. The Bertz CT molecular complexity index is 621. The number of nitrogens with zero attached hydrogens (tertiary/aromatic N) is 1. The molecule has 0 fully saturated rings. The number of hydrogen-bond donors (Lipinski definition) is 1. The number of aryl methyl sites for hydroxylation is 1. The van der Waals surface area contributed by atoms with Crippen LogP contribution in [0, 0.1) is 11.3 Å². The quantitative estimate of drug-likeness (QED) is 0.827. The molecule has 0 heterocycles. The molecule has 2 heteroatoms. The number of nitrogen functional groups attached to an aromatic ring is 1. The number of rotatable bonds is 3. The monoisotopic (exact) mass is 238 g/mol. The standard InChI is InChI=1S/C16H18N2/c1-3-7-12-11(4-2)13-8-5-6-9-14(13)16(18)15(12)10-17/h5-6,8-9H,3-4,7,18H2,1-2H3. The second kappa shape index (κ2) is 5.10. The molecule has 0 saturated heterocycles. The van der Waals surface area contributed by atoms with Gasteiger partial charge in [0.05, 0.1) is 11.3 Å². The highest BCUT2D eigenvalue weighted by Crippen LogP contribution is 2.33. The van der Waals surface area contributed by atoms with E-state index in [1.807, 2.05) is 18.2 Å². The molecule has 0 aliphatic carbocycles. The maximum atomic E-state index is 9.38. The largest absolute Gasteiger partial charge is 0.397 e. The third kappa shape index (κ3) is 1.82. The van der Waals surface area contributed by atoms with Crippen molar-refractivity contribution in [2.75, 3.05) is 5.73 Å². The summed E-state index contributed by atoms with van der Waals surface area (Å²) in [4.78, 5) is 0. The Labute approximate surface area is 108 Å². The Hall–Kier alpha value is -2.01. The first-order chi connectivity index (χ1) is 8.74. The molecule has 2 aromatic rings. The Morgan fingerprint density at radius 1 is 1.11 bits per heavy atom. The van der Waals surface area contributed by atoms with Gasteiger partial charge in [-0.15, -0.1) is 0 Å². The Morgan fingerprint density at radius 2 is 1.78 bits per heavy atom. The molecular formula is C16H18N2. The van der Waals surface area contributed by atoms with E-state index in [4.69, 9.17) is 5.73 Å². The highest BCUT2D eigenvalue weighted by atomic mass is 14.6. The number of nitriles is 1. The lowest BCUT2D eigenvalue weighted by Gasteiger charge is -2.16. The summed E-state index contributed by atoms with van der Waals surface area (Å²) >= 11 is 0. The van der Waals surface area contributed by atoms with Gasteiger partial charge in [-0.1, -0.05) is 44.5 Å².